The van der Waals surface area contributed by atoms with Gasteiger partial charge in [-0.3, -0.25) is 0 Å². The molecule has 0 heterocycles. The second-order valence-electron chi connectivity index (χ2n) is 1.41. The first-order valence-electron chi connectivity index (χ1n) is 2.65. The lowest BCUT2D eigenvalue weighted by atomic mass is 10.4. The van der Waals surface area contributed by atoms with Crippen LogP contribution in [0.15, 0.2) is 24.3 Å². The van der Waals surface area contributed by atoms with Crippen LogP contribution in [0.5, 0.6) is 0 Å². The van der Waals surface area contributed by atoms with Crippen LogP contribution < -0.4 is 0 Å². The highest BCUT2D eigenvalue weighted by Crippen LogP contribution is 2.07. The zero-order valence-electron chi connectivity index (χ0n) is 5.51. The predicted octanol–water partition coefficient (Wildman–Crippen LogP) is 2.04. The van der Waals surface area contributed by atoms with Crippen molar-refractivity contribution < 1.29 is 9.50 Å². The Morgan fingerprint density at radius 2 is 1.80 bits per heavy atom. The van der Waals surface area contributed by atoms with Gasteiger partial charge in [0.1, 0.15) is 5.82 Å². The molecular weight excluding hydrogens is 246 g/mol. The highest BCUT2D eigenvalue weighted by molar-refractivity contribution is 14.1. The number of rotatable bonds is 0. The van der Waals surface area contributed by atoms with Crippen LogP contribution in [-0.2, 0) is 0 Å². The van der Waals surface area contributed by atoms with Crippen LogP contribution in [0.25, 0.3) is 0 Å². The van der Waals surface area contributed by atoms with Gasteiger partial charge >= 0.3 is 0 Å². The normalized spacial score (nSPS) is 8.00. The largest absolute Gasteiger partial charge is 0.400 e. The molecule has 1 aromatic carbocycles. The first-order chi connectivity index (χ1) is 4.80. The Morgan fingerprint density at radius 1 is 1.30 bits per heavy atom. The molecule has 1 rings (SSSR count). The quantitative estimate of drug-likeness (QED) is 0.702. The van der Waals surface area contributed by atoms with E-state index >= 15 is 0 Å². The summed E-state index contributed by atoms with van der Waals surface area (Å²) in [6.45, 7) is 0. The first kappa shape index (κ1) is 9.84. The summed E-state index contributed by atoms with van der Waals surface area (Å²) < 4.78 is 13.0. The van der Waals surface area contributed by atoms with Crippen molar-refractivity contribution in [1.82, 2.24) is 0 Å². The van der Waals surface area contributed by atoms with Gasteiger partial charge in [0, 0.05) is 10.7 Å². The van der Waals surface area contributed by atoms with E-state index in [0.29, 0.717) is 3.57 Å². The van der Waals surface area contributed by atoms with Gasteiger partial charge in [-0.25, -0.2) is 4.39 Å². The van der Waals surface area contributed by atoms with Gasteiger partial charge in [-0.1, -0.05) is 12.1 Å². The summed E-state index contributed by atoms with van der Waals surface area (Å²) in [6, 6.07) is 6.67. The SMILES string of the molecule is CO.Fc1ccccc1I. The maximum atomic E-state index is 12.3. The maximum Gasteiger partial charge on any atom is 0.136 e. The fraction of sp³-hybridized carbons (Fsp3) is 0.143. The van der Waals surface area contributed by atoms with Gasteiger partial charge in [0.2, 0.25) is 0 Å². The van der Waals surface area contributed by atoms with E-state index in [4.69, 9.17) is 5.11 Å². The van der Waals surface area contributed by atoms with Crippen LogP contribution in [0.1, 0.15) is 0 Å². The van der Waals surface area contributed by atoms with Gasteiger partial charge in [0.25, 0.3) is 0 Å². The molecule has 0 saturated heterocycles. The second-order valence-corrected chi connectivity index (χ2v) is 2.58. The summed E-state index contributed by atoms with van der Waals surface area (Å²) in [5.41, 5.74) is 0. The molecule has 10 heavy (non-hydrogen) atoms. The van der Waals surface area contributed by atoms with E-state index in [2.05, 4.69) is 0 Å². The number of hydrogen-bond acceptors (Lipinski definition) is 1. The Balaban J connectivity index is 0.000000371. The molecule has 0 fully saturated rings. The minimum atomic E-state index is -0.145. The molecular formula is C7H8FIO. The topological polar surface area (TPSA) is 20.2 Å². The van der Waals surface area contributed by atoms with E-state index in [1.54, 1.807) is 12.1 Å². The van der Waals surface area contributed by atoms with Crippen LogP contribution in [0.4, 0.5) is 4.39 Å². The molecule has 1 nitrogen and oxygen atoms in total. The molecule has 0 aromatic heterocycles. The minimum Gasteiger partial charge on any atom is -0.400 e. The highest BCUT2D eigenvalue weighted by Gasteiger charge is 1.90. The van der Waals surface area contributed by atoms with Crippen LogP contribution in [0.2, 0.25) is 0 Å². The fourth-order valence-corrected chi connectivity index (χ4v) is 0.827. The van der Waals surface area contributed by atoms with Crippen molar-refractivity contribution in [2.45, 2.75) is 0 Å². The van der Waals surface area contributed by atoms with Crippen molar-refractivity contribution in [3.63, 3.8) is 0 Å². The van der Waals surface area contributed by atoms with Gasteiger partial charge < -0.3 is 5.11 Å². The number of halogens is 2. The summed E-state index contributed by atoms with van der Waals surface area (Å²) in [7, 11) is 1.00. The maximum absolute atomic E-state index is 12.3. The molecule has 0 unspecified atom stereocenters. The Labute approximate surface area is 73.0 Å². The minimum absolute atomic E-state index is 0.145. The van der Waals surface area contributed by atoms with E-state index in [9.17, 15) is 4.39 Å². The van der Waals surface area contributed by atoms with Crippen LogP contribution in [0, 0.1) is 9.39 Å². The van der Waals surface area contributed by atoms with Crippen molar-refractivity contribution in [2.75, 3.05) is 7.11 Å². The lowest BCUT2D eigenvalue weighted by molar-refractivity contribution is 0.399. The third-order valence-corrected chi connectivity index (χ3v) is 1.70. The van der Waals surface area contributed by atoms with Crippen molar-refractivity contribution in [3.05, 3.63) is 33.7 Å². The summed E-state index contributed by atoms with van der Waals surface area (Å²) >= 11 is 1.95. The molecule has 0 saturated carbocycles. The van der Waals surface area contributed by atoms with Crippen LogP contribution in [0.3, 0.4) is 0 Å². The zero-order valence-corrected chi connectivity index (χ0v) is 7.67. The molecule has 1 N–H and O–H groups in total. The van der Waals surface area contributed by atoms with Gasteiger partial charge in [-0.15, -0.1) is 0 Å². The molecule has 0 spiro atoms. The molecule has 0 amide bonds. The van der Waals surface area contributed by atoms with E-state index in [1.165, 1.54) is 6.07 Å². The van der Waals surface area contributed by atoms with Crippen molar-refractivity contribution in [2.24, 2.45) is 0 Å². The van der Waals surface area contributed by atoms with Crippen molar-refractivity contribution in [1.29, 1.82) is 0 Å². The summed E-state index contributed by atoms with van der Waals surface area (Å²) in [5.74, 6) is -0.145. The van der Waals surface area contributed by atoms with Crippen molar-refractivity contribution >= 4 is 22.6 Å². The number of aliphatic hydroxyl groups excluding tert-OH is 1. The third kappa shape index (κ3) is 3.12. The average molecular weight is 254 g/mol. The van der Waals surface area contributed by atoms with Crippen LogP contribution >= 0.6 is 22.6 Å². The monoisotopic (exact) mass is 254 g/mol. The lowest BCUT2D eigenvalue weighted by Crippen LogP contribution is -1.75. The molecule has 0 radical (unpaired) electrons. The summed E-state index contributed by atoms with van der Waals surface area (Å²) in [4.78, 5) is 0. The third-order valence-electron chi connectivity index (χ3n) is 0.824. The average Bonchev–Trinajstić information content (AvgIpc) is 2.00. The molecule has 0 aliphatic heterocycles. The number of benzene rings is 1. The lowest BCUT2D eigenvalue weighted by Gasteiger charge is -1.87. The smallest absolute Gasteiger partial charge is 0.136 e. The first-order valence-corrected chi connectivity index (χ1v) is 3.73. The molecule has 3 heteroatoms. The molecule has 0 aliphatic carbocycles. The van der Waals surface area contributed by atoms with Gasteiger partial charge in [-0.2, -0.15) is 0 Å². The van der Waals surface area contributed by atoms with Crippen LogP contribution in [-0.4, -0.2) is 12.2 Å². The number of hydrogen-bond donors (Lipinski definition) is 1. The Morgan fingerprint density at radius 3 is 2.10 bits per heavy atom. The van der Waals surface area contributed by atoms with Gasteiger partial charge in [0.15, 0.2) is 0 Å². The van der Waals surface area contributed by atoms with Crippen molar-refractivity contribution in [3.8, 4) is 0 Å². The molecule has 1 aromatic rings. The molecule has 0 bridgehead atoms. The van der Waals surface area contributed by atoms with E-state index in [-0.39, 0.29) is 5.82 Å². The molecule has 56 valence electrons. The van der Waals surface area contributed by atoms with E-state index < -0.39 is 0 Å². The van der Waals surface area contributed by atoms with E-state index in [0.717, 1.165) is 7.11 Å². The molecule has 0 aliphatic rings. The Kier molecular flexibility index (Phi) is 5.52. The summed E-state index contributed by atoms with van der Waals surface area (Å²) in [5, 5.41) is 7.00. The molecule has 0 atom stereocenters. The fourth-order valence-electron chi connectivity index (χ4n) is 0.439. The van der Waals surface area contributed by atoms with E-state index in [1.807, 2.05) is 28.7 Å². The number of aliphatic hydroxyl groups is 1. The second kappa shape index (κ2) is 5.61. The Bertz CT molecular complexity index is 170. The highest BCUT2D eigenvalue weighted by atomic mass is 127. The van der Waals surface area contributed by atoms with Gasteiger partial charge in [0.05, 0.1) is 0 Å². The summed E-state index contributed by atoms with van der Waals surface area (Å²) in [6.07, 6.45) is 0. The Hall–Kier alpha value is -0.160. The van der Waals surface area contributed by atoms with Gasteiger partial charge in [-0.05, 0) is 34.7 Å². The standard InChI is InChI=1S/C6H4FI.CH4O/c7-5-3-1-2-4-6(5)8;1-2/h1-4H;2H,1H3. The predicted molar refractivity (Wildman–Crippen MR) is 47.3 cm³/mol. The zero-order chi connectivity index (χ0) is 7.98.